The molecule has 1 fully saturated rings. The first-order valence-corrected chi connectivity index (χ1v) is 3.09. The van der Waals surface area contributed by atoms with E-state index in [1.165, 1.54) is 0 Å². The first-order chi connectivity index (χ1) is 4.27. The molecule has 0 saturated carbocycles. The molecule has 9 heavy (non-hydrogen) atoms. The van der Waals surface area contributed by atoms with Gasteiger partial charge in [0.25, 0.3) is 0 Å². The number of rotatable bonds is 3. The molecule has 0 aromatic carbocycles. The highest BCUT2D eigenvalue weighted by molar-refractivity contribution is 4.83. The van der Waals surface area contributed by atoms with Gasteiger partial charge in [-0.15, -0.1) is 6.58 Å². The highest BCUT2D eigenvalue weighted by atomic mass is 16.6. The van der Waals surface area contributed by atoms with Gasteiger partial charge in [-0.25, -0.2) is 0 Å². The molecule has 1 aliphatic rings. The van der Waals surface area contributed by atoms with Crippen LogP contribution in [0.5, 0.6) is 0 Å². The van der Waals surface area contributed by atoms with Crippen LogP contribution >= 0.6 is 0 Å². The maximum atomic E-state index is 5.37. The molecular weight excluding hydrogens is 116 g/mol. The van der Waals surface area contributed by atoms with Crippen molar-refractivity contribution in [1.29, 1.82) is 0 Å². The van der Waals surface area contributed by atoms with Crippen LogP contribution in [-0.4, -0.2) is 25.4 Å². The topological polar surface area (TPSA) is 18.5 Å². The quantitative estimate of drug-likeness (QED) is 0.527. The lowest BCUT2D eigenvalue weighted by Gasteiger charge is -2.37. The third kappa shape index (κ3) is 1.53. The summed E-state index contributed by atoms with van der Waals surface area (Å²) < 4.78 is 10.3. The van der Waals surface area contributed by atoms with E-state index < -0.39 is 0 Å². The van der Waals surface area contributed by atoms with Crippen molar-refractivity contribution in [2.45, 2.75) is 12.5 Å². The average Bonchev–Trinajstić information content (AvgIpc) is 1.79. The van der Waals surface area contributed by atoms with Gasteiger partial charge in [0.2, 0.25) is 0 Å². The molecule has 0 aromatic rings. The van der Waals surface area contributed by atoms with Crippen LogP contribution in [0.3, 0.4) is 0 Å². The summed E-state index contributed by atoms with van der Waals surface area (Å²) in [6.07, 6.45) is 1.75. The van der Waals surface area contributed by atoms with Crippen molar-refractivity contribution < 1.29 is 9.47 Å². The Bertz CT molecular complexity index is 105. The minimum Gasteiger partial charge on any atom is -0.375 e. The molecule has 0 spiro atoms. The van der Waals surface area contributed by atoms with Crippen molar-refractivity contribution in [3.8, 4) is 0 Å². The lowest BCUT2D eigenvalue weighted by Crippen LogP contribution is -2.49. The normalized spacial score (nSPS) is 22.8. The van der Waals surface area contributed by atoms with Gasteiger partial charge in [0.1, 0.15) is 5.60 Å². The summed E-state index contributed by atoms with van der Waals surface area (Å²) in [6.45, 7) is 7.67. The van der Waals surface area contributed by atoms with Crippen molar-refractivity contribution in [2.24, 2.45) is 0 Å². The van der Waals surface area contributed by atoms with Gasteiger partial charge in [-0.1, -0.05) is 6.08 Å². The molecule has 0 N–H and O–H groups in total. The van der Waals surface area contributed by atoms with Crippen molar-refractivity contribution in [3.63, 3.8) is 0 Å². The highest BCUT2D eigenvalue weighted by Gasteiger charge is 2.33. The summed E-state index contributed by atoms with van der Waals surface area (Å²) >= 11 is 0. The predicted octanol–water partition coefficient (Wildman–Crippen LogP) is 0.978. The minimum absolute atomic E-state index is 0.0197. The largest absolute Gasteiger partial charge is 0.375 e. The molecular formula is C7H12O2. The molecule has 1 aliphatic heterocycles. The Balaban J connectivity index is 2.16. The molecule has 2 heteroatoms. The van der Waals surface area contributed by atoms with Crippen LogP contribution in [0.2, 0.25) is 0 Å². The highest BCUT2D eigenvalue weighted by Crippen LogP contribution is 2.19. The Morgan fingerprint density at radius 2 is 2.44 bits per heavy atom. The first kappa shape index (κ1) is 6.78. The van der Waals surface area contributed by atoms with E-state index in [0.29, 0.717) is 6.61 Å². The van der Waals surface area contributed by atoms with E-state index in [1.807, 2.05) is 6.92 Å². The molecule has 1 rings (SSSR count). The van der Waals surface area contributed by atoms with Crippen LogP contribution in [0.25, 0.3) is 0 Å². The van der Waals surface area contributed by atoms with Gasteiger partial charge >= 0.3 is 0 Å². The van der Waals surface area contributed by atoms with Gasteiger partial charge in [0, 0.05) is 0 Å². The summed E-state index contributed by atoms with van der Waals surface area (Å²) in [7, 11) is 0. The molecule has 0 atom stereocenters. The van der Waals surface area contributed by atoms with Gasteiger partial charge in [-0.05, 0) is 6.92 Å². The number of hydrogen-bond donors (Lipinski definition) is 0. The molecule has 0 aliphatic carbocycles. The summed E-state index contributed by atoms with van der Waals surface area (Å²) in [5, 5.41) is 0. The van der Waals surface area contributed by atoms with E-state index in [2.05, 4.69) is 6.58 Å². The monoisotopic (exact) mass is 128 g/mol. The smallest absolute Gasteiger partial charge is 0.112 e. The van der Waals surface area contributed by atoms with Gasteiger partial charge < -0.3 is 9.47 Å². The molecule has 2 nitrogen and oxygen atoms in total. The van der Waals surface area contributed by atoms with E-state index in [9.17, 15) is 0 Å². The molecule has 0 amide bonds. The fourth-order valence-electron chi connectivity index (χ4n) is 0.733. The zero-order valence-corrected chi connectivity index (χ0v) is 5.72. The van der Waals surface area contributed by atoms with Crippen LogP contribution < -0.4 is 0 Å². The van der Waals surface area contributed by atoms with Gasteiger partial charge in [-0.3, -0.25) is 0 Å². The Morgan fingerprint density at radius 3 is 2.78 bits per heavy atom. The SMILES string of the molecule is C=CCOC1(C)COC1. The Labute approximate surface area is 55.5 Å². The molecule has 0 radical (unpaired) electrons. The zero-order chi connectivity index (χ0) is 6.74. The van der Waals surface area contributed by atoms with Crippen LogP contribution in [0.15, 0.2) is 12.7 Å². The minimum atomic E-state index is -0.0197. The molecule has 0 bridgehead atoms. The lowest BCUT2D eigenvalue weighted by molar-refractivity contribution is -0.192. The van der Waals surface area contributed by atoms with Gasteiger partial charge in [0.05, 0.1) is 19.8 Å². The molecule has 0 unspecified atom stereocenters. The fraction of sp³-hybridized carbons (Fsp3) is 0.714. The van der Waals surface area contributed by atoms with E-state index >= 15 is 0 Å². The van der Waals surface area contributed by atoms with Crippen LogP contribution in [0.1, 0.15) is 6.92 Å². The lowest BCUT2D eigenvalue weighted by atomic mass is 10.1. The maximum Gasteiger partial charge on any atom is 0.112 e. The number of hydrogen-bond acceptors (Lipinski definition) is 2. The molecule has 52 valence electrons. The zero-order valence-electron chi connectivity index (χ0n) is 5.72. The average molecular weight is 128 g/mol. The van der Waals surface area contributed by atoms with Crippen LogP contribution in [0.4, 0.5) is 0 Å². The van der Waals surface area contributed by atoms with Crippen LogP contribution in [0, 0.1) is 0 Å². The van der Waals surface area contributed by atoms with Crippen molar-refractivity contribution in [3.05, 3.63) is 12.7 Å². The van der Waals surface area contributed by atoms with Crippen molar-refractivity contribution in [2.75, 3.05) is 19.8 Å². The van der Waals surface area contributed by atoms with E-state index in [1.54, 1.807) is 6.08 Å². The third-order valence-electron chi connectivity index (χ3n) is 1.36. The third-order valence-corrected chi connectivity index (χ3v) is 1.36. The van der Waals surface area contributed by atoms with Crippen LogP contribution in [-0.2, 0) is 9.47 Å². The summed E-state index contributed by atoms with van der Waals surface area (Å²) in [4.78, 5) is 0. The Hall–Kier alpha value is -0.340. The Morgan fingerprint density at radius 1 is 1.78 bits per heavy atom. The maximum absolute atomic E-state index is 5.37. The molecule has 0 aromatic heterocycles. The summed E-state index contributed by atoms with van der Waals surface area (Å²) in [5.74, 6) is 0. The predicted molar refractivity (Wildman–Crippen MR) is 35.4 cm³/mol. The van der Waals surface area contributed by atoms with Gasteiger partial charge in [0.15, 0.2) is 0 Å². The van der Waals surface area contributed by atoms with Gasteiger partial charge in [-0.2, -0.15) is 0 Å². The van der Waals surface area contributed by atoms with Crippen molar-refractivity contribution >= 4 is 0 Å². The van der Waals surface area contributed by atoms with E-state index in [4.69, 9.17) is 9.47 Å². The van der Waals surface area contributed by atoms with E-state index in [0.717, 1.165) is 13.2 Å². The fourth-order valence-corrected chi connectivity index (χ4v) is 0.733. The second-order valence-electron chi connectivity index (χ2n) is 2.54. The molecule has 1 saturated heterocycles. The number of ether oxygens (including phenoxy) is 2. The Kier molecular flexibility index (Phi) is 1.88. The summed E-state index contributed by atoms with van der Waals surface area (Å²) in [6, 6.07) is 0. The first-order valence-electron chi connectivity index (χ1n) is 3.09. The standard InChI is InChI=1S/C7H12O2/c1-3-4-9-7(2)5-8-6-7/h3H,1,4-6H2,2H3. The van der Waals surface area contributed by atoms with Crippen molar-refractivity contribution in [1.82, 2.24) is 0 Å². The second kappa shape index (κ2) is 2.50. The summed E-state index contributed by atoms with van der Waals surface area (Å²) in [5.41, 5.74) is -0.0197. The van der Waals surface area contributed by atoms with E-state index in [-0.39, 0.29) is 5.60 Å². The molecule has 1 heterocycles. The second-order valence-corrected chi connectivity index (χ2v) is 2.54.